The smallest absolute Gasteiger partial charge is 0.337 e. The molecule has 1 saturated carbocycles. The summed E-state index contributed by atoms with van der Waals surface area (Å²) in [6.45, 7) is 13.8. The average Bonchev–Trinajstić information content (AvgIpc) is 2.83. The topological polar surface area (TPSA) is 84.8 Å². The molecule has 1 aliphatic carbocycles. The Morgan fingerprint density at radius 3 is 2.32 bits per heavy atom. The second kappa shape index (κ2) is 11.0. The molecule has 0 bridgehead atoms. The lowest BCUT2D eigenvalue weighted by molar-refractivity contribution is -0.160. The van der Waals surface area contributed by atoms with E-state index in [-0.39, 0.29) is 11.5 Å². The second-order valence-electron chi connectivity index (χ2n) is 12.4. The van der Waals surface area contributed by atoms with Crippen LogP contribution in [-0.2, 0) is 9.53 Å². The van der Waals surface area contributed by atoms with Gasteiger partial charge in [-0.1, -0.05) is 20.3 Å². The fourth-order valence-corrected chi connectivity index (χ4v) is 5.36. The SMILES string of the molecule is Cc1ncc(-c2ccc(OC3CCCCC3)cn2)c(N2CCC(C)(C)CC2)c1[C@H](OC(C)(C)C)C(=O)O. The van der Waals surface area contributed by atoms with Crippen LogP contribution in [0, 0.1) is 12.3 Å². The number of anilines is 1. The van der Waals surface area contributed by atoms with E-state index in [1.807, 2.05) is 46.0 Å². The van der Waals surface area contributed by atoms with Crippen LogP contribution in [0.4, 0.5) is 5.69 Å². The van der Waals surface area contributed by atoms with E-state index >= 15 is 0 Å². The van der Waals surface area contributed by atoms with Crippen molar-refractivity contribution in [3.05, 3.63) is 35.8 Å². The van der Waals surface area contributed by atoms with E-state index in [0.717, 1.165) is 61.5 Å². The van der Waals surface area contributed by atoms with Crippen LogP contribution in [0.1, 0.15) is 96.9 Å². The molecule has 1 aliphatic heterocycles. The van der Waals surface area contributed by atoms with Crippen LogP contribution in [0.3, 0.4) is 0 Å². The molecule has 0 radical (unpaired) electrons. The molecule has 202 valence electrons. The first-order chi connectivity index (χ1) is 17.4. The molecule has 2 aromatic rings. The van der Waals surface area contributed by atoms with Gasteiger partial charge in [-0.15, -0.1) is 0 Å². The highest BCUT2D eigenvalue weighted by molar-refractivity contribution is 5.85. The van der Waals surface area contributed by atoms with Crippen molar-refractivity contribution in [2.24, 2.45) is 5.41 Å². The van der Waals surface area contributed by atoms with Crippen molar-refractivity contribution < 1.29 is 19.4 Å². The molecule has 7 heteroatoms. The summed E-state index contributed by atoms with van der Waals surface area (Å²) in [4.78, 5) is 24.3. The number of rotatable bonds is 7. The van der Waals surface area contributed by atoms with E-state index in [9.17, 15) is 9.90 Å². The van der Waals surface area contributed by atoms with Gasteiger partial charge in [0.05, 0.1) is 29.3 Å². The minimum absolute atomic E-state index is 0.253. The van der Waals surface area contributed by atoms with Crippen molar-refractivity contribution in [3.63, 3.8) is 0 Å². The summed E-state index contributed by atoms with van der Waals surface area (Å²) >= 11 is 0. The lowest BCUT2D eigenvalue weighted by Crippen LogP contribution is -2.39. The number of pyridine rings is 2. The normalized spacial score (nSPS) is 19.5. The number of piperidine rings is 1. The molecular formula is C30H43N3O4. The molecule has 4 rings (SSSR count). The molecule has 0 aromatic carbocycles. The van der Waals surface area contributed by atoms with Gasteiger partial charge in [-0.2, -0.15) is 0 Å². The molecule has 0 spiro atoms. The summed E-state index contributed by atoms with van der Waals surface area (Å²) in [5.74, 6) is -0.239. The molecule has 37 heavy (non-hydrogen) atoms. The summed E-state index contributed by atoms with van der Waals surface area (Å²) in [5, 5.41) is 10.3. The molecule has 2 aromatic heterocycles. The summed E-state index contributed by atoms with van der Waals surface area (Å²) in [7, 11) is 0. The van der Waals surface area contributed by atoms with Crippen molar-refractivity contribution in [1.29, 1.82) is 0 Å². The van der Waals surface area contributed by atoms with E-state index in [1.54, 1.807) is 6.20 Å². The molecule has 7 nitrogen and oxygen atoms in total. The highest BCUT2D eigenvalue weighted by Crippen LogP contribution is 2.43. The number of nitrogens with zero attached hydrogens (tertiary/aromatic N) is 3. The number of hydrogen-bond acceptors (Lipinski definition) is 6. The third-order valence-corrected chi connectivity index (χ3v) is 7.55. The standard InChI is InChI=1S/C30H43N3O4/c1-20-25(27(28(34)35)37-29(2,3)4)26(33-16-14-30(5,6)15-17-33)23(19-31-20)24-13-12-22(18-32-24)36-21-10-8-7-9-11-21/h12-13,18-19,21,27H,7-11,14-17H2,1-6H3,(H,34,35)/t27-/m0/s1. The van der Waals surface area contributed by atoms with Gasteiger partial charge >= 0.3 is 5.97 Å². The van der Waals surface area contributed by atoms with Crippen LogP contribution in [-0.4, -0.2) is 45.8 Å². The van der Waals surface area contributed by atoms with Crippen molar-refractivity contribution >= 4 is 11.7 Å². The van der Waals surface area contributed by atoms with Gasteiger partial charge in [0, 0.05) is 36.1 Å². The number of carbonyl (C=O) groups is 1. The number of aromatic nitrogens is 2. The predicted molar refractivity (Wildman–Crippen MR) is 146 cm³/mol. The van der Waals surface area contributed by atoms with Crippen LogP contribution >= 0.6 is 0 Å². The van der Waals surface area contributed by atoms with Gasteiger partial charge in [-0.05, 0) is 83.8 Å². The third kappa shape index (κ3) is 6.81. The van der Waals surface area contributed by atoms with E-state index in [0.29, 0.717) is 11.3 Å². The average molecular weight is 510 g/mol. The fourth-order valence-electron chi connectivity index (χ4n) is 5.36. The first-order valence-electron chi connectivity index (χ1n) is 13.7. The largest absolute Gasteiger partial charge is 0.489 e. The molecule has 0 amide bonds. The minimum Gasteiger partial charge on any atom is -0.489 e. The van der Waals surface area contributed by atoms with Gasteiger partial charge in [0.1, 0.15) is 5.75 Å². The summed E-state index contributed by atoms with van der Waals surface area (Å²) in [6, 6.07) is 3.94. The first kappa shape index (κ1) is 27.4. The Morgan fingerprint density at radius 1 is 1.08 bits per heavy atom. The van der Waals surface area contributed by atoms with Crippen molar-refractivity contribution in [1.82, 2.24) is 9.97 Å². The van der Waals surface area contributed by atoms with E-state index < -0.39 is 17.7 Å². The van der Waals surface area contributed by atoms with Gasteiger partial charge in [0.15, 0.2) is 6.10 Å². The van der Waals surface area contributed by atoms with Crippen LogP contribution < -0.4 is 9.64 Å². The maximum absolute atomic E-state index is 12.5. The lowest BCUT2D eigenvalue weighted by Gasteiger charge is -2.40. The maximum atomic E-state index is 12.5. The molecule has 1 saturated heterocycles. The molecule has 1 atom stereocenters. The Labute approximate surface area is 221 Å². The first-order valence-corrected chi connectivity index (χ1v) is 13.7. The number of carboxylic acids is 1. The van der Waals surface area contributed by atoms with Crippen molar-refractivity contribution in [3.8, 4) is 17.0 Å². The number of hydrogen-bond donors (Lipinski definition) is 1. The molecule has 2 fully saturated rings. The van der Waals surface area contributed by atoms with Gasteiger partial charge in [-0.25, -0.2) is 4.79 Å². The zero-order valence-corrected chi connectivity index (χ0v) is 23.3. The zero-order chi connectivity index (χ0) is 26.8. The summed E-state index contributed by atoms with van der Waals surface area (Å²) < 4.78 is 12.3. The predicted octanol–water partition coefficient (Wildman–Crippen LogP) is 6.73. The Morgan fingerprint density at radius 2 is 1.76 bits per heavy atom. The second-order valence-corrected chi connectivity index (χ2v) is 12.4. The summed E-state index contributed by atoms with van der Waals surface area (Å²) in [5.41, 5.74) is 3.35. The number of ether oxygens (including phenoxy) is 2. The van der Waals surface area contributed by atoms with Gasteiger partial charge in [0.25, 0.3) is 0 Å². The Balaban J connectivity index is 1.76. The van der Waals surface area contributed by atoms with Gasteiger partial charge in [-0.3, -0.25) is 9.97 Å². The highest BCUT2D eigenvalue weighted by atomic mass is 16.5. The van der Waals surface area contributed by atoms with Crippen LogP contribution in [0.5, 0.6) is 5.75 Å². The minimum atomic E-state index is -1.13. The monoisotopic (exact) mass is 509 g/mol. The Kier molecular flexibility index (Phi) is 8.12. The van der Waals surface area contributed by atoms with Crippen LogP contribution in [0.25, 0.3) is 11.3 Å². The van der Waals surface area contributed by atoms with Crippen LogP contribution in [0.2, 0.25) is 0 Å². The lowest BCUT2D eigenvalue weighted by atomic mass is 9.82. The van der Waals surface area contributed by atoms with Gasteiger partial charge in [0.2, 0.25) is 0 Å². The quantitative estimate of drug-likeness (QED) is 0.443. The summed E-state index contributed by atoms with van der Waals surface area (Å²) in [6.07, 6.45) is 10.7. The van der Waals surface area contributed by atoms with Crippen molar-refractivity contribution in [2.75, 3.05) is 18.0 Å². The number of aliphatic carboxylic acids is 1. The maximum Gasteiger partial charge on any atom is 0.337 e. The fraction of sp³-hybridized carbons (Fsp3) is 0.633. The van der Waals surface area contributed by atoms with E-state index in [2.05, 4.69) is 23.7 Å². The molecular weight excluding hydrogens is 466 g/mol. The molecule has 1 N–H and O–H groups in total. The van der Waals surface area contributed by atoms with Crippen molar-refractivity contribution in [2.45, 2.75) is 104 Å². The van der Waals surface area contributed by atoms with E-state index in [4.69, 9.17) is 14.5 Å². The molecule has 0 unspecified atom stereocenters. The molecule has 2 aliphatic rings. The zero-order valence-electron chi connectivity index (χ0n) is 23.3. The third-order valence-electron chi connectivity index (χ3n) is 7.55. The van der Waals surface area contributed by atoms with Crippen LogP contribution in [0.15, 0.2) is 24.5 Å². The number of aryl methyl sites for hydroxylation is 1. The highest BCUT2D eigenvalue weighted by Gasteiger charge is 2.36. The number of carboxylic acid groups (broad SMARTS) is 1. The van der Waals surface area contributed by atoms with E-state index in [1.165, 1.54) is 19.3 Å². The van der Waals surface area contributed by atoms with Gasteiger partial charge < -0.3 is 19.5 Å². The Hall–Kier alpha value is -2.67. The Bertz CT molecular complexity index is 1080. The molecule has 3 heterocycles.